The van der Waals surface area contributed by atoms with Crippen molar-refractivity contribution >= 4 is 27.8 Å². The third-order valence-electron chi connectivity index (χ3n) is 3.40. The molecule has 0 amide bonds. The SMILES string of the molecule is c1csc(CCNc2nc(-c3ccc4c(c3)OCO4)cs2)c1. The van der Waals surface area contributed by atoms with Crippen molar-refractivity contribution in [3.05, 3.63) is 46.0 Å². The van der Waals surface area contributed by atoms with Gasteiger partial charge in [-0.05, 0) is 36.1 Å². The Hall–Kier alpha value is -2.05. The van der Waals surface area contributed by atoms with E-state index in [4.69, 9.17) is 9.47 Å². The molecule has 1 aliphatic heterocycles. The van der Waals surface area contributed by atoms with Gasteiger partial charge in [-0.15, -0.1) is 22.7 Å². The Morgan fingerprint density at radius 1 is 1.14 bits per heavy atom. The van der Waals surface area contributed by atoms with Crippen molar-refractivity contribution in [2.75, 3.05) is 18.7 Å². The molecule has 0 unspecified atom stereocenters. The zero-order valence-corrected chi connectivity index (χ0v) is 13.4. The van der Waals surface area contributed by atoms with Crippen LogP contribution >= 0.6 is 22.7 Å². The molecule has 0 radical (unpaired) electrons. The average Bonchev–Trinajstić information content (AvgIpc) is 3.28. The molecule has 112 valence electrons. The first-order valence-electron chi connectivity index (χ1n) is 7.00. The lowest BCUT2D eigenvalue weighted by Gasteiger charge is -2.01. The number of thiazole rings is 1. The Labute approximate surface area is 136 Å². The average molecular weight is 330 g/mol. The highest BCUT2D eigenvalue weighted by atomic mass is 32.1. The van der Waals surface area contributed by atoms with Gasteiger partial charge in [0, 0.05) is 22.4 Å². The molecule has 0 saturated carbocycles. The normalized spacial score (nSPS) is 12.5. The van der Waals surface area contributed by atoms with Crippen molar-refractivity contribution in [3.63, 3.8) is 0 Å². The van der Waals surface area contributed by atoms with E-state index in [1.54, 1.807) is 22.7 Å². The molecule has 1 aliphatic rings. The lowest BCUT2D eigenvalue weighted by molar-refractivity contribution is 0.174. The Balaban J connectivity index is 1.42. The summed E-state index contributed by atoms with van der Waals surface area (Å²) in [7, 11) is 0. The van der Waals surface area contributed by atoms with E-state index in [9.17, 15) is 0 Å². The molecule has 3 aromatic rings. The highest BCUT2D eigenvalue weighted by molar-refractivity contribution is 7.14. The molecular weight excluding hydrogens is 316 g/mol. The summed E-state index contributed by atoms with van der Waals surface area (Å²) >= 11 is 3.41. The van der Waals surface area contributed by atoms with E-state index in [0.29, 0.717) is 6.79 Å². The number of benzene rings is 1. The monoisotopic (exact) mass is 330 g/mol. The zero-order chi connectivity index (χ0) is 14.8. The molecule has 0 spiro atoms. The fourth-order valence-corrected chi connectivity index (χ4v) is 3.75. The number of hydrogen-bond donors (Lipinski definition) is 1. The second-order valence-corrected chi connectivity index (χ2v) is 6.75. The van der Waals surface area contributed by atoms with Crippen LogP contribution in [0.1, 0.15) is 4.88 Å². The number of thiophene rings is 1. The summed E-state index contributed by atoms with van der Waals surface area (Å²) in [5.41, 5.74) is 2.01. The van der Waals surface area contributed by atoms with Gasteiger partial charge in [-0.2, -0.15) is 0 Å². The van der Waals surface area contributed by atoms with Crippen molar-refractivity contribution in [2.24, 2.45) is 0 Å². The molecule has 0 fully saturated rings. The number of ether oxygens (including phenoxy) is 2. The summed E-state index contributed by atoms with van der Waals surface area (Å²) in [6.45, 7) is 1.19. The van der Waals surface area contributed by atoms with Crippen LogP contribution in [0.25, 0.3) is 11.3 Å². The Kier molecular flexibility index (Phi) is 3.70. The molecule has 0 aliphatic carbocycles. The summed E-state index contributed by atoms with van der Waals surface area (Å²) in [6.07, 6.45) is 1.02. The van der Waals surface area contributed by atoms with Crippen LogP contribution in [0.5, 0.6) is 11.5 Å². The van der Waals surface area contributed by atoms with Crippen molar-refractivity contribution < 1.29 is 9.47 Å². The maximum absolute atomic E-state index is 5.41. The van der Waals surface area contributed by atoms with Crippen LogP contribution in [0, 0.1) is 0 Å². The maximum Gasteiger partial charge on any atom is 0.231 e. The molecule has 0 atom stereocenters. The summed E-state index contributed by atoms with van der Waals surface area (Å²) in [6, 6.07) is 10.2. The highest BCUT2D eigenvalue weighted by Crippen LogP contribution is 2.36. The maximum atomic E-state index is 5.41. The standard InChI is InChI=1S/C16H14N2O2S2/c1-2-12(21-7-1)5-6-17-16-18-13(9-22-16)11-3-4-14-15(8-11)20-10-19-14/h1-4,7-9H,5-6,10H2,(H,17,18). The Bertz CT molecular complexity index is 768. The minimum absolute atomic E-state index is 0.297. The number of nitrogens with one attached hydrogen (secondary N) is 1. The van der Waals surface area contributed by atoms with Crippen LogP contribution in [0.15, 0.2) is 41.1 Å². The predicted octanol–water partition coefficient (Wildman–Crippen LogP) is 4.25. The molecule has 0 saturated heterocycles. The third kappa shape index (κ3) is 2.80. The van der Waals surface area contributed by atoms with Crippen molar-refractivity contribution in [3.8, 4) is 22.8 Å². The second kappa shape index (κ2) is 5.98. The summed E-state index contributed by atoms with van der Waals surface area (Å²) in [5.74, 6) is 1.59. The first-order chi connectivity index (χ1) is 10.9. The van der Waals surface area contributed by atoms with Crippen molar-refractivity contribution in [2.45, 2.75) is 6.42 Å². The van der Waals surface area contributed by atoms with Gasteiger partial charge in [-0.3, -0.25) is 0 Å². The molecule has 2 aromatic heterocycles. The van der Waals surface area contributed by atoms with E-state index in [1.165, 1.54) is 4.88 Å². The first-order valence-corrected chi connectivity index (χ1v) is 8.76. The van der Waals surface area contributed by atoms with Gasteiger partial charge in [0.05, 0.1) is 5.69 Å². The number of aromatic nitrogens is 1. The number of nitrogens with zero attached hydrogens (tertiary/aromatic N) is 1. The molecule has 1 N–H and O–H groups in total. The van der Waals surface area contributed by atoms with E-state index >= 15 is 0 Å². The quantitative estimate of drug-likeness (QED) is 0.759. The topological polar surface area (TPSA) is 43.4 Å². The molecule has 22 heavy (non-hydrogen) atoms. The highest BCUT2D eigenvalue weighted by Gasteiger charge is 2.15. The van der Waals surface area contributed by atoms with E-state index in [-0.39, 0.29) is 0 Å². The number of fused-ring (bicyclic) bond motifs is 1. The summed E-state index contributed by atoms with van der Waals surface area (Å²) < 4.78 is 10.7. The lowest BCUT2D eigenvalue weighted by Crippen LogP contribution is -2.03. The van der Waals surface area contributed by atoms with Gasteiger partial charge in [0.2, 0.25) is 6.79 Å². The van der Waals surface area contributed by atoms with Crippen LogP contribution in [0.3, 0.4) is 0 Å². The van der Waals surface area contributed by atoms with E-state index in [2.05, 4.69) is 33.2 Å². The molecule has 0 bridgehead atoms. The zero-order valence-electron chi connectivity index (χ0n) is 11.7. The summed E-state index contributed by atoms with van der Waals surface area (Å²) in [4.78, 5) is 6.03. The van der Waals surface area contributed by atoms with Crippen LogP contribution in [-0.2, 0) is 6.42 Å². The fraction of sp³-hybridized carbons (Fsp3) is 0.188. The van der Waals surface area contributed by atoms with Gasteiger partial charge in [-0.1, -0.05) is 6.07 Å². The minimum atomic E-state index is 0.297. The van der Waals surface area contributed by atoms with Crippen LogP contribution in [0.4, 0.5) is 5.13 Å². The van der Waals surface area contributed by atoms with E-state index in [1.807, 2.05) is 18.2 Å². The van der Waals surface area contributed by atoms with Crippen molar-refractivity contribution in [1.82, 2.24) is 4.98 Å². The van der Waals surface area contributed by atoms with E-state index < -0.39 is 0 Å². The Morgan fingerprint density at radius 2 is 2.09 bits per heavy atom. The first kappa shape index (κ1) is 13.6. The number of anilines is 1. The molecule has 3 heterocycles. The Morgan fingerprint density at radius 3 is 3.00 bits per heavy atom. The second-order valence-electron chi connectivity index (χ2n) is 4.86. The fourth-order valence-electron chi connectivity index (χ4n) is 2.29. The van der Waals surface area contributed by atoms with Gasteiger partial charge in [0.25, 0.3) is 0 Å². The summed E-state index contributed by atoms with van der Waals surface area (Å²) in [5, 5.41) is 8.50. The van der Waals surface area contributed by atoms with Gasteiger partial charge < -0.3 is 14.8 Å². The molecule has 1 aromatic carbocycles. The van der Waals surface area contributed by atoms with Gasteiger partial charge in [0.1, 0.15) is 0 Å². The molecule has 6 heteroatoms. The van der Waals surface area contributed by atoms with E-state index in [0.717, 1.165) is 40.9 Å². The smallest absolute Gasteiger partial charge is 0.231 e. The number of rotatable bonds is 5. The predicted molar refractivity (Wildman–Crippen MR) is 90.2 cm³/mol. The lowest BCUT2D eigenvalue weighted by atomic mass is 10.1. The third-order valence-corrected chi connectivity index (χ3v) is 5.14. The van der Waals surface area contributed by atoms with Crippen LogP contribution in [0.2, 0.25) is 0 Å². The van der Waals surface area contributed by atoms with Crippen LogP contribution < -0.4 is 14.8 Å². The molecular formula is C16H14N2O2S2. The largest absolute Gasteiger partial charge is 0.454 e. The minimum Gasteiger partial charge on any atom is -0.454 e. The number of hydrogen-bond acceptors (Lipinski definition) is 6. The van der Waals surface area contributed by atoms with Crippen molar-refractivity contribution in [1.29, 1.82) is 0 Å². The molecule has 4 nitrogen and oxygen atoms in total. The van der Waals surface area contributed by atoms with Crippen LogP contribution in [-0.4, -0.2) is 18.3 Å². The van der Waals surface area contributed by atoms with Gasteiger partial charge in [-0.25, -0.2) is 4.98 Å². The van der Waals surface area contributed by atoms with Gasteiger partial charge in [0.15, 0.2) is 16.6 Å². The van der Waals surface area contributed by atoms with Gasteiger partial charge >= 0.3 is 0 Å². The molecule has 4 rings (SSSR count).